The lowest BCUT2D eigenvalue weighted by molar-refractivity contribution is 0.541. The number of furan rings is 1. The van der Waals surface area contributed by atoms with E-state index in [1.54, 1.807) is 23.7 Å². The molecule has 0 saturated carbocycles. The van der Waals surface area contributed by atoms with Gasteiger partial charge in [-0.3, -0.25) is 13.9 Å². The lowest BCUT2D eigenvalue weighted by Gasteiger charge is -2.03. The zero-order chi connectivity index (χ0) is 12.0. The summed E-state index contributed by atoms with van der Waals surface area (Å²) in [4.78, 5) is 20.1. The first-order chi connectivity index (χ1) is 8.18. The molecule has 0 aliphatic rings. The van der Waals surface area contributed by atoms with Gasteiger partial charge in [0, 0.05) is 13.1 Å². The van der Waals surface area contributed by atoms with Crippen LogP contribution in [0.4, 0.5) is 5.95 Å². The highest BCUT2D eigenvalue weighted by Gasteiger charge is 2.14. The van der Waals surface area contributed by atoms with Crippen molar-refractivity contribution >= 4 is 17.1 Å². The van der Waals surface area contributed by atoms with E-state index in [-0.39, 0.29) is 11.5 Å². The van der Waals surface area contributed by atoms with Crippen molar-refractivity contribution in [3.63, 3.8) is 0 Å². The molecule has 86 valence electrons. The second-order valence-corrected chi connectivity index (χ2v) is 3.57. The Morgan fingerprint density at radius 1 is 1.47 bits per heavy atom. The van der Waals surface area contributed by atoms with Gasteiger partial charge in [-0.1, -0.05) is 0 Å². The van der Waals surface area contributed by atoms with Crippen molar-refractivity contribution < 1.29 is 4.42 Å². The van der Waals surface area contributed by atoms with Crippen molar-refractivity contribution in [3.05, 3.63) is 35.1 Å². The van der Waals surface area contributed by atoms with E-state index in [0.717, 1.165) is 0 Å². The highest BCUT2D eigenvalue weighted by Crippen LogP contribution is 2.14. The molecule has 2 N–H and O–H groups in total. The van der Waals surface area contributed by atoms with Crippen molar-refractivity contribution in [2.24, 2.45) is 7.05 Å². The van der Waals surface area contributed by atoms with Crippen LogP contribution in [0.5, 0.6) is 0 Å². The van der Waals surface area contributed by atoms with Crippen molar-refractivity contribution in [3.8, 4) is 5.88 Å². The standard InChI is InChI=1S/C10H9N5O2/c1-14-9(16)7-8(13-10(14)11)12-5-15(7)6-3-2-4-17-6/h2-5H,1H3,(H2,11,13). The van der Waals surface area contributed by atoms with Crippen LogP contribution in [0.3, 0.4) is 0 Å². The largest absolute Gasteiger partial charge is 0.448 e. The number of aromatic nitrogens is 4. The van der Waals surface area contributed by atoms with Gasteiger partial charge >= 0.3 is 0 Å². The molecule has 0 aromatic carbocycles. The molecule has 0 atom stereocenters. The van der Waals surface area contributed by atoms with Crippen molar-refractivity contribution in [1.82, 2.24) is 19.1 Å². The van der Waals surface area contributed by atoms with Gasteiger partial charge in [-0.2, -0.15) is 4.98 Å². The molecule has 17 heavy (non-hydrogen) atoms. The predicted molar refractivity (Wildman–Crippen MR) is 60.8 cm³/mol. The Bertz CT molecular complexity index is 738. The Morgan fingerprint density at radius 3 is 3.00 bits per heavy atom. The van der Waals surface area contributed by atoms with Crippen molar-refractivity contribution in [2.45, 2.75) is 0 Å². The van der Waals surface area contributed by atoms with Crippen LogP contribution in [-0.2, 0) is 7.05 Å². The highest BCUT2D eigenvalue weighted by atomic mass is 16.3. The van der Waals surface area contributed by atoms with Crippen LogP contribution in [0.1, 0.15) is 0 Å². The number of nitrogens with two attached hydrogens (primary N) is 1. The third kappa shape index (κ3) is 1.25. The van der Waals surface area contributed by atoms with Crippen LogP contribution in [0.25, 0.3) is 17.0 Å². The SMILES string of the molecule is Cn1c(N)nc2ncn(-c3ccco3)c2c1=O. The van der Waals surface area contributed by atoms with Gasteiger partial charge in [-0.15, -0.1) is 0 Å². The molecule has 0 fully saturated rings. The summed E-state index contributed by atoms with van der Waals surface area (Å²) in [5.74, 6) is 0.642. The monoisotopic (exact) mass is 231 g/mol. The molecule has 3 aromatic heterocycles. The fraction of sp³-hybridized carbons (Fsp3) is 0.100. The topological polar surface area (TPSA) is 91.9 Å². The van der Waals surface area contributed by atoms with Crippen LogP contribution in [0, 0.1) is 0 Å². The Hall–Kier alpha value is -2.57. The molecule has 0 amide bonds. The summed E-state index contributed by atoms with van der Waals surface area (Å²) >= 11 is 0. The van der Waals surface area contributed by atoms with E-state index < -0.39 is 0 Å². The van der Waals surface area contributed by atoms with Gasteiger partial charge in [0.05, 0.1) is 6.26 Å². The molecule has 0 spiro atoms. The number of fused-ring (bicyclic) bond motifs is 1. The quantitative estimate of drug-likeness (QED) is 0.650. The first-order valence-corrected chi connectivity index (χ1v) is 4.92. The normalized spacial score (nSPS) is 11.1. The van der Waals surface area contributed by atoms with Crippen LogP contribution >= 0.6 is 0 Å². The van der Waals surface area contributed by atoms with Gasteiger partial charge in [0.2, 0.25) is 11.8 Å². The molecule has 0 bridgehead atoms. The number of hydrogen-bond donors (Lipinski definition) is 1. The van der Waals surface area contributed by atoms with Crippen LogP contribution in [0.15, 0.2) is 33.9 Å². The molecule has 7 heteroatoms. The average Bonchev–Trinajstić information content (AvgIpc) is 2.93. The van der Waals surface area contributed by atoms with Gasteiger partial charge in [0.15, 0.2) is 11.2 Å². The summed E-state index contributed by atoms with van der Waals surface area (Å²) in [7, 11) is 1.56. The lowest BCUT2D eigenvalue weighted by Crippen LogP contribution is -2.22. The maximum Gasteiger partial charge on any atom is 0.281 e. The average molecular weight is 231 g/mol. The van der Waals surface area contributed by atoms with E-state index in [2.05, 4.69) is 9.97 Å². The molecule has 0 radical (unpaired) electrons. The van der Waals surface area contributed by atoms with E-state index in [1.807, 2.05) is 0 Å². The van der Waals surface area contributed by atoms with Gasteiger partial charge in [-0.05, 0) is 6.07 Å². The van der Waals surface area contributed by atoms with Crippen LogP contribution < -0.4 is 11.3 Å². The second kappa shape index (κ2) is 3.21. The Morgan fingerprint density at radius 2 is 2.29 bits per heavy atom. The maximum absolute atomic E-state index is 12.1. The van der Waals surface area contributed by atoms with Crippen molar-refractivity contribution in [2.75, 3.05) is 5.73 Å². The van der Waals surface area contributed by atoms with E-state index in [1.165, 1.54) is 17.2 Å². The van der Waals surface area contributed by atoms with Gasteiger partial charge in [-0.25, -0.2) is 4.98 Å². The highest BCUT2D eigenvalue weighted by molar-refractivity contribution is 5.72. The number of hydrogen-bond acceptors (Lipinski definition) is 5. The van der Waals surface area contributed by atoms with Crippen LogP contribution in [0.2, 0.25) is 0 Å². The first kappa shape index (κ1) is 9.64. The van der Waals surface area contributed by atoms with E-state index >= 15 is 0 Å². The lowest BCUT2D eigenvalue weighted by atomic mass is 10.5. The molecule has 0 saturated heterocycles. The number of anilines is 1. The van der Waals surface area contributed by atoms with Gasteiger partial charge in [0.1, 0.15) is 6.33 Å². The molecule has 3 heterocycles. The molecular weight excluding hydrogens is 222 g/mol. The minimum Gasteiger partial charge on any atom is -0.448 e. The summed E-state index contributed by atoms with van der Waals surface area (Å²) < 4.78 is 8.04. The maximum atomic E-state index is 12.1. The zero-order valence-electron chi connectivity index (χ0n) is 8.99. The zero-order valence-corrected chi connectivity index (χ0v) is 8.99. The van der Waals surface area contributed by atoms with Gasteiger partial charge < -0.3 is 10.2 Å². The molecule has 0 unspecified atom stereocenters. The third-order valence-electron chi connectivity index (χ3n) is 2.56. The number of nitrogen functional groups attached to an aromatic ring is 1. The molecule has 0 aliphatic heterocycles. The van der Waals surface area contributed by atoms with E-state index in [9.17, 15) is 4.79 Å². The summed E-state index contributed by atoms with van der Waals surface area (Å²) in [6.45, 7) is 0. The van der Waals surface area contributed by atoms with Gasteiger partial charge in [0.25, 0.3) is 5.56 Å². The van der Waals surface area contributed by atoms with Crippen molar-refractivity contribution in [1.29, 1.82) is 0 Å². The number of imidazole rings is 1. The van der Waals surface area contributed by atoms with Crippen LogP contribution in [-0.4, -0.2) is 19.1 Å². The summed E-state index contributed by atoms with van der Waals surface area (Å²) in [5.41, 5.74) is 5.98. The Kier molecular flexibility index (Phi) is 1.82. The molecule has 0 aliphatic carbocycles. The molecule has 3 aromatic rings. The van der Waals surface area contributed by atoms with E-state index in [4.69, 9.17) is 10.2 Å². The Balaban J connectivity index is 2.44. The molecular formula is C10H9N5O2. The van der Waals surface area contributed by atoms with E-state index in [0.29, 0.717) is 17.0 Å². The summed E-state index contributed by atoms with van der Waals surface area (Å²) in [6.07, 6.45) is 3.01. The number of rotatable bonds is 1. The fourth-order valence-electron chi connectivity index (χ4n) is 1.64. The fourth-order valence-corrected chi connectivity index (χ4v) is 1.64. The minimum absolute atomic E-state index is 0.132. The second-order valence-electron chi connectivity index (χ2n) is 3.57. The molecule has 7 nitrogen and oxygen atoms in total. The summed E-state index contributed by atoms with van der Waals surface area (Å²) in [6, 6.07) is 3.47. The minimum atomic E-state index is -0.263. The number of nitrogens with zero attached hydrogens (tertiary/aromatic N) is 4. The molecule has 3 rings (SSSR count). The first-order valence-electron chi connectivity index (χ1n) is 4.92. The third-order valence-corrected chi connectivity index (χ3v) is 2.56. The summed E-state index contributed by atoms with van der Waals surface area (Å²) in [5, 5.41) is 0. The smallest absolute Gasteiger partial charge is 0.281 e. The Labute approximate surface area is 95.1 Å². The predicted octanol–water partition coefficient (Wildman–Crippen LogP) is 0.294.